The molecule has 1 saturated carbocycles. The molecule has 31 heavy (non-hydrogen) atoms. The molecule has 5 nitrogen and oxygen atoms in total. The summed E-state index contributed by atoms with van der Waals surface area (Å²) in [6, 6.07) is 9.92. The Bertz CT molecular complexity index is 1230. The highest BCUT2D eigenvalue weighted by Gasteiger charge is 2.41. The van der Waals surface area contributed by atoms with Crippen molar-refractivity contribution < 1.29 is 4.79 Å². The smallest absolute Gasteiger partial charge is 0.253 e. The predicted octanol–water partition coefficient (Wildman–Crippen LogP) is 4.28. The standard InChI is InChI=1S/C26H27N3O2/c1-16-8-17(2)22-12-21(25(30)28-24(22)9-16)15-29(14-19-4-3-7-27-13-19)26(31)23-11-18-5-6-20(23)10-18/h3-9,12-13,18,20,23H,10-11,14-15H2,1-2H3,(H,28,30)/t18-,20+,23-/m1/s1. The van der Waals surface area contributed by atoms with Gasteiger partial charge >= 0.3 is 0 Å². The molecule has 1 fully saturated rings. The van der Waals surface area contributed by atoms with E-state index in [-0.39, 0.29) is 17.4 Å². The van der Waals surface area contributed by atoms with Crippen molar-refractivity contribution in [2.45, 2.75) is 39.8 Å². The van der Waals surface area contributed by atoms with Crippen LogP contribution in [0, 0.1) is 31.6 Å². The summed E-state index contributed by atoms with van der Waals surface area (Å²) in [7, 11) is 0. The number of hydrogen-bond acceptors (Lipinski definition) is 3. The van der Waals surface area contributed by atoms with Gasteiger partial charge in [0, 0.05) is 41.3 Å². The summed E-state index contributed by atoms with van der Waals surface area (Å²) in [6.45, 7) is 4.83. The van der Waals surface area contributed by atoms with Gasteiger partial charge in [-0.25, -0.2) is 0 Å². The van der Waals surface area contributed by atoms with Gasteiger partial charge in [-0.15, -0.1) is 0 Å². The third kappa shape index (κ3) is 3.80. The van der Waals surface area contributed by atoms with E-state index in [1.807, 2.05) is 36.1 Å². The quantitative estimate of drug-likeness (QED) is 0.635. The van der Waals surface area contributed by atoms with Gasteiger partial charge in [0.25, 0.3) is 5.56 Å². The Morgan fingerprint density at radius 2 is 2.03 bits per heavy atom. The first-order chi connectivity index (χ1) is 15.0. The van der Waals surface area contributed by atoms with Gasteiger partial charge in [-0.1, -0.05) is 24.3 Å². The number of hydrogen-bond donors (Lipinski definition) is 1. The minimum Gasteiger partial charge on any atom is -0.334 e. The van der Waals surface area contributed by atoms with Crippen molar-refractivity contribution in [2.24, 2.45) is 17.8 Å². The molecule has 3 aromatic rings. The number of nitrogens with zero attached hydrogens (tertiary/aromatic N) is 2. The van der Waals surface area contributed by atoms with E-state index in [4.69, 9.17) is 0 Å². The van der Waals surface area contributed by atoms with Crippen molar-refractivity contribution in [2.75, 3.05) is 0 Å². The second-order valence-corrected chi connectivity index (χ2v) is 9.11. The Labute approximate surface area is 181 Å². The monoisotopic (exact) mass is 413 g/mol. The number of H-pyrrole nitrogens is 1. The summed E-state index contributed by atoms with van der Waals surface area (Å²) >= 11 is 0. The fourth-order valence-corrected chi connectivity index (χ4v) is 5.26. The highest BCUT2D eigenvalue weighted by molar-refractivity contribution is 5.84. The molecular formula is C26H27N3O2. The van der Waals surface area contributed by atoms with Crippen LogP contribution in [0.2, 0.25) is 0 Å². The maximum absolute atomic E-state index is 13.6. The van der Waals surface area contributed by atoms with Crippen LogP contribution in [0.5, 0.6) is 0 Å². The Balaban J connectivity index is 1.49. The summed E-state index contributed by atoms with van der Waals surface area (Å²) in [5.41, 5.74) is 4.54. The molecule has 1 aromatic carbocycles. The van der Waals surface area contributed by atoms with E-state index >= 15 is 0 Å². The predicted molar refractivity (Wildman–Crippen MR) is 121 cm³/mol. The first-order valence-corrected chi connectivity index (χ1v) is 11.0. The molecule has 158 valence electrons. The molecular weight excluding hydrogens is 386 g/mol. The van der Waals surface area contributed by atoms with Crippen molar-refractivity contribution in [1.82, 2.24) is 14.9 Å². The first-order valence-electron chi connectivity index (χ1n) is 11.0. The molecule has 2 heterocycles. The number of benzene rings is 1. The van der Waals surface area contributed by atoms with E-state index in [9.17, 15) is 9.59 Å². The molecule has 0 aliphatic heterocycles. The number of nitrogens with one attached hydrogen (secondary N) is 1. The van der Waals surface area contributed by atoms with Gasteiger partial charge in [0.1, 0.15) is 0 Å². The number of aryl methyl sites for hydroxylation is 2. The molecule has 2 aromatic heterocycles. The first kappa shape index (κ1) is 19.7. The molecule has 3 atom stereocenters. The molecule has 0 spiro atoms. The van der Waals surface area contributed by atoms with Crippen LogP contribution in [0.1, 0.15) is 35.1 Å². The van der Waals surface area contributed by atoms with Crippen LogP contribution in [0.15, 0.2) is 59.7 Å². The lowest BCUT2D eigenvalue weighted by Crippen LogP contribution is -2.38. The van der Waals surface area contributed by atoms with E-state index in [0.29, 0.717) is 30.5 Å². The summed E-state index contributed by atoms with van der Waals surface area (Å²) in [5.74, 6) is 1.000. The van der Waals surface area contributed by atoms with Crippen LogP contribution < -0.4 is 5.56 Å². The fourth-order valence-electron chi connectivity index (χ4n) is 5.26. The van der Waals surface area contributed by atoms with Crippen LogP contribution in [0.3, 0.4) is 0 Å². The minimum atomic E-state index is -0.130. The molecule has 2 bridgehead atoms. The molecule has 1 amide bonds. The van der Waals surface area contributed by atoms with Gasteiger partial charge in [-0.3, -0.25) is 14.6 Å². The normalized spacial score (nSPS) is 21.7. The zero-order valence-corrected chi connectivity index (χ0v) is 18.0. The number of fused-ring (bicyclic) bond motifs is 3. The molecule has 5 rings (SSSR count). The van der Waals surface area contributed by atoms with Crippen molar-refractivity contribution in [3.8, 4) is 0 Å². The van der Waals surface area contributed by atoms with Crippen molar-refractivity contribution in [3.63, 3.8) is 0 Å². The van der Waals surface area contributed by atoms with E-state index in [0.717, 1.165) is 40.4 Å². The van der Waals surface area contributed by atoms with E-state index < -0.39 is 0 Å². The lowest BCUT2D eigenvalue weighted by Gasteiger charge is -2.28. The van der Waals surface area contributed by atoms with E-state index in [1.54, 1.807) is 12.4 Å². The number of carbonyl (C=O) groups is 1. The second kappa shape index (κ2) is 7.80. The Hall–Kier alpha value is -3.21. The van der Waals surface area contributed by atoms with Gasteiger partial charge < -0.3 is 9.88 Å². The van der Waals surface area contributed by atoms with Crippen LogP contribution in [0.25, 0.3) is 10.9 Å². The number of aromatic nitrogens is 2. The zero-order chi connectivity index (χ0) is 21.5. The van der Waals surface area contributed by atoms with E-state index in [2.05, 4.69) is 35.1 Å². The Morgan fingerprint density at radius 3 is 2.74 bits per heavy atom. The van der Waals surface area contributed by atoms with E-state index in [1.165, 1.54) is 0 Å². The number of carbonyl (C=O) groups excluding carboxylic acids is 1. The van der Waals surface area contributed by atoms with Gasteiger partial charge in [-0.05, 0) is 73.4 Å². The highest BCUT2D eigenvalue weighted by atomic mass is 16.2. The van der Waals surface area contributed by atoms with Gasteiger partial charge in [0.15, 0.2) is 0 Å². The van der Waals surface area contributed by atoms with Crippen molar-refractivity contribution in [1.29, 1.82) is 0 Å². The lowest BCUT2D eigenvalue weighted by molar-refractivity contribution is -0.137. The van der Waals surface area contributed by atoms with Gasteiger partial charge in [-0.2, -0.15) is 0 Å². The average molecular weight is 414 g/mol. The summed E-state index contributed by atoms with van der Waals surface area (Å²) in [6.07, 6.45) is 9.96. The Morgan fingerprint density at radius 1 is 1.16 bits per heavy atom. The van der Waals surface area contributed by atoms with Crippen molar-refractivity contribution >= 4 is 16.8 Å². The summed E-state index contributed by atoms with van der Waals surface area (Å²) in [4.78, 5) is 35.6. The Kier molecular flexibility index (Phi) is 4.97. The summed E-state index contributed by atoms with van der Waals surface area (Å²) in [5, 5.41) is 1.02. The minimum absolute atomic E-state index is 0.00981. The number of pyridine rings is 2. The summed E-state index contributed by atoms with van der Waals surface area (Å²) < 4.78 is 0. The molecule has 1 N–H and O–H groups in total. The lowest BCUT2D eigenvalue weighted by atomic mass is 9.92. The number of aromatic amines is 1. The second-order valence-electron chi connectivity index (χ2n) is 9.11. The molecule has 2 aliphatic carbocycles. The molecule has 2 aliphatic rings. The molecule has 0 saturated heterocycles. The van der Waals surface area contributed by atoms with Crippen LogP contribution in [0.4, 0.5) is 0 Å². The molecule has 5 heteroatoms. The topological polar surface area (TPSA) is 66.1 Å². The third-order valence-corrected chi connectivity index (χ3v) is 6.75. The maximum atomic E-state index is 13.6. The largest absolute Gasteiger partial charge is 0.334 e. The number of amides is 1. The molecule has 0 unspecified atom stereocenters. The number of allylic oxidation sites excluding steroid dienone is 2. The third-order valence-electron chi connectivity index (χ3n) is 6.75. The van der Waals surface area contributed by atoms with Gasteiger partial charge in [0.05, 0.1) is 6.54 Å². The van der Waals surface area contributed by atoms with Crippen LogP contribution in [-0.4, -0.2) is 20.8 Å². The SMILES string of the molecule is Cc1cc(C)c2cc(CN(Cc3cccnc3)C(=O)[C@@H]3C[C@@H]4C=C[C@H]3C4)c(=O)[nH]c2c1. The molecule has 0 radical (unpaired) electrons. The number of rotatable bonds is 5. The van der Waals surface area contributed by atoms with Gasteiger partial charge in [0.2, 0.25) is 5.91 Å². The zero-order valence-electron chi connectivity index (χ0n) is 18.0. The van der Waals surface area contributed by atoms with Crippen molar-refractivity contribution in [3.05, 3.63) is 87.5 Å². The fraction of sp³-hybridized carbons (Fsp3) is 0.346. The average Bonchev–Trinajstić information content (AvgIpc) is 3.38. The van der Waals surface area contributed by atoms with Crippen LogP contribution in [-0.2, 0) is 17.9 Å². The highest BCUT2D eigenvalue weighted by Crippen LogP contribution is 2.44. The maximum Gasteiger partial charge on any atom is 0.253 e. The van der Waals surface area contributed by atoms with Crippen LogP contribution >= 0.6 is 0 Å².